The zero-order valence-electron chi connectivity index (χ0n) is 10.9. The fourth-order valence-electron chi connectivity index (χ4n) is 2.37. The van der Waals surface area contributed by atoms with Gasteiger partial charge < -0.3 is 4.74 Å². The Bertz CT molecular complexity index is 481. The molecule has 4 nitrogen and oxygen atoms in total. The van der Waals surface area contributed by atoms with E-state index in [1.807, 2.05) is 0 Å². The van der Waals surface area contributed by atoms with E-state index in [-0.39, 0.29) is 6.10 Å². The van der Waals surface area contributed by atoms with E-state index in [4.69, 9.17) is 21.3 Å². The van der Waals surface area contributed by atoms with Gasteiger partial charge in [0.2, 0.25) is 0 Å². The van der Waals surface area contributed by atoms with Crippen LogP contribution in [0.15, 0.2) is 4.47 Å². The molecule has 1 aliphatic heterocycles. The van der Waals surface area contributed by atoms with Crippen LogP contribution in [-0.2, 0) is 4.74 Å². The minimum Gasteiger partial charge on any atom is -0.368 e. The molecule has 1 aliphatic carbocycles. The van der Waals surface area contributed by atoms with Crippen molar-refractivity contribution in [3.05, 3.63) is 21.1 Å². The van der Waals surface area contributed by atoms with Gasteiger partial charge >= 0.3 is 0 Å². The maximum atomic E-state index is 6.21. The second-order valence-corrected chi connectivity index (χ2v) is 6.25. The Morgan fingerprint density at radius 1 is 1.42 bits per heavy atom. The van der Waals surface area contributed by atoms with Gasteiger partial charge in [-0.25, -0.2) is 9.97 Å². The molecule has 0 bridgehead atoms. The molecule has 1 atom stereocenters. The summed E-state index contributed by atoms with van der Waals surface area (Å²) in [5.74, 6) is 1.27. The lowest BCUT2D eigenvalue weighted by molar-refractivity contribution is -0.0326. The smallest absolute Gasteiger partial charge is 0.160 e. The summed E-state index contributed by atoms with van der Waals surface area (Å²) in [7, 11) is 0. The van der Waals surface area contributed by atoms with Gasteiger partial charge in [0, 0.05) is 19.0 Å². The largest absolute Gasteiger partial charge is 0.368 e. The first-order chi connectivity index (χ1) is 9.19. The highest BCUT2D eigenvalue weighted by Crippen LogP contribution is 2.44. The molecular formula is C13H17BrClN3O. The minimum atomic E-state index is -0.0585. The van der Waals surface area contributed by atoms with Crippen LogP contribution in [0.25, 0.3) is 0 Å². The van der Waals surface area contributed by atoms with Crippen LogP contribution < -0.4 is 0 Å². The molecule has 0 amide bonds. The Hall–Kier alpha value is -0.230. The monoisotopic (exact) mass is 345 g/mol. The van der Waals surface area contributed by atoms with Gasteiger partial charge in [-0.3, -0.25) is 4.90 Å². The van der Waals surface area contributed by atoms with Gasteiger partial charge in [0.05, 0.1) is 16.8 Å². The summed E-state index contributed by atoms with van der Waals surface area (Å²) < 4.78 is 6.66. The molecule has 0 aromatic carbocycles. The summed E-state index contributed by atoms with van der Waals surface area (Å²) in [6, 6.07) is 0. The number of hydrogen-bond donors (Lipinski definition) is 0. The predicted octanol–water partition coefficient (Wildman–Crippen LogP) is 3.16. The van der Waals surface area contributed by atoms with Crippen LogP contribution in [0.4, 0.5) is 0 Å². The second kappa shape index (κ2) is 5.64. The molecule has 1 saturated heterocycles. The first-order valence-electron chi connectivity index (χ1n) is 6.75. The fraction of sp³-hybridized carbons (Fsp3) is 0.692. The summed E-state index contributed by atoms with van der Waals surface area (Å²) in [5.41, 5.74) is 1.05. The molecule has 2 aliphatic rings. The first kappa shape index (κ1) is 13.7. The van der Waals surface area contributed by atoms with E-state index in [0.717, 1.165) is 42.2 Å². The Morgan fingerprint density at radius 2 is 2.21 bits per heavy atom. The van der Waals surface area contributed by atoms with Crippen molar-refractivity contribution in [1.29, 1.82) is 0 Å². The summed E-state index contributed by atoms with van der Waals surface area (Å²) >= 11 is 9.71. The van der Waals surface area contributed by atoms with Crippen LogP contribution >= 0.6 is 27.5 Å². The molecule has 2 heterocycles. The number of hydrogen-bond acceptors (Lipinski definition) is 4. The number of nitrogens with zero attached hydrogens (tertiary/aromatic N) is 3. The van der Waals surface area contributed by atoms with Crippen LogP contribution in [0.3, 0.4) is 0 Å². The average Bonchev–Trinajstić information content (AvgIpc) is 3.26. The van der Waals surface area contributed by atoms with E-state index < -0.39 is 0 Å². The van der Waals surface area contributed by atoms with Gasteiger partial charge in [0.1, 0.15) is 11.3 Å². The van der Waals surface area contributed by atoms with Gasteiger partial charge in [-0.1, -0.05) is 18.5 Å². The molecule has 104 valence electrons. The summed E-state index contributed by atoms with van der Waals surface area (Å²) in [6.07, 6.45) is 2.33. The number of halogens is 2. The number of ether oxygens (including phenoxy) is 1. The van der Waals surface area contributed by atoms with Gasteiger partial charge in [-0.05, 0) is 35.3 Å². The molecule has 0 spiro atoms. The molecule has 0 radical (unpaired) electrons. The number of morpholine rings is 1. The predicted molar refractivity (Wildman–Crippen MR) is 77.5 cm³/mol. The lowest BCUT2D eigenvalue weighted by Crippen LogP contribution is -2.38. The average molecular weight is 347 g/mol. The number of likely N-dealkylation sites (N-methyl/N-ethyl adjacent to an activating group) is 1. The molecule has 1 aromatic rings. The van der Waals surface area contributed by atoms with E-state index in [1.54, 1.807) is 0 Å². The maximum Gasteiger partial charge on any atom is 0.160 e. The Kier molecular flexibility index (Phi) is 4.08. The molecule has 3 rings (SSSR count). The minimum absolute atomic E-state index is 0.0585. The van der Waals surface area contributed by atoms with E-state index in [2.05, 4.69) is 32.7 Å². The summed E-state index contributed by atoms with van der Waals surface area (Å²) in [4.78, 5) is 11.4. The normalized spacial score (nSPS) is 24.7. The highest BCUT2D eigenvalue weighted by Gasteiger charge is 2.31. The van der Waals surface area contributed by atoms with Crippen LogP contribution in [0, 0.1) is 0 Å². The Morgan fingerprint density at radius 3 is 2.89 bits per heavy atom. The topological polar surface area (TPSA) is 38.2 Å². The maximum absolute atomic E-state index is 6.21. The van der Waals surface area contributed by atoms with Gasteiger partial charge in [-0.2, -0.15) is 0 Å². The molecule has 6 heteroatoms. The second-order valence-electron chi connectivity index (χ2n) is 5.10. The van der Waals surface area contributed by atoms with Gasteiger partial charge in [0.25, 0.3) is 0 Å². The molecule has 1 saturated carbocycles. The summed E-state index contributed by atoms with van der Waals surface area (Å²) in [6.45, 7) is 5.74. The third-order valence-corrected chi connectivity index (χ3v) is 4.99. The summed E-state index contributed by atoms with van der Waals surface area (Å²) in [5, 5.41) is 0.504. The van der Waals surface area contributed by atoms with E-state index in [1.165, 1.54) is 12.8 Å². The first-order valence-corrected chi connectivity index (χ1v) is 7.93. The van der Waals surface area contributed by atoms with Crippen molar-refractivity contribution in [2.24, 2.45) is 0 Å². The SMILES string of the molecule is CCN1CCOC(c2nc(Cl)c(Br)c(C3CC3)n2)C1. The van der Waals surface area contributed by atoms with Crippen molar-refractivity contribution in [2.45, 2.75) is 31.8 Å². The quantitative estimate of drug-likeness (QED) is 0.788. The van der Waals surface area contributed by atoms with E-state index >= 15 is 0 Å². The Labute approximate surface area is 126 Å². The van der Waals surface area contributed by atoms with Crippen molar-refractivity contribution in [3.63, 3.8) is 0 Å². The third-order valence-electron chi connectivity index (χ3n) is 3.70. The van der Waals surface area contributed by atoms with Crippen LogP contribution in [-0.4, -0.2) is 41.1 Å². The van der Waals surface area contributed by atoms with Crippen molar-refractivity contribution in [1.82, 2.24) is 14.9 Å². The van der Waals surface area contributed by atoms with Crippen molar-refractivity contribution in [2.75, 3.05) is 26.2 Å². The van der Waals surface area contributed by atoms with Crippen LogP contribution in [0.5, 0.6) is 0 Å². The molecule has 1 aromatic heterocycles. The standard InChI is InChI=1S/C13H17BrClN3O/c1-2-18-5-6-19-9(7-18)13-16-11(8-3-4-8)10(14)12(15)17-13/h8-9H,2-7H2,1H3. The van der Waals surface area contributed by atoms with Crippen molar-refractivity contribution >= 4 is 27.5 Å². The zero-order chi connectivity index (χ0) is 13.4. The van der Waals surface area contributed by atoms with Crippen molar-refractivity contribution < 1.29 is 4.74 Å². The number of aromatic nitrogens is 2. The third kappa shape index (κ3) is 2.94. The van der Waals surface area contributed by atoms with E-state index in [0.29, 0.717) is 11.1 Å². The van der Waals surface area contributed by atoms with E-state index in [9.17, 15) is 0 Å². The zero-order valence-corrected chi connectivity index (χ0v) is 13.2. The van der Waals surface area contributed by atoms with Crippen LogP contribution in [0.1, 0.15) is 43.3 Å². The lowest BCUT2D eigenvalue weighted by Gasteiger charge is -2.31. The highest BCUT2D eigenvalue weighted by molar-refractivity contribution is 9.10. The molecule has 1 unspecified atom stereocenters. The number of rotatable bonds is 3. The van der Waals surface area contributed by atoms with Crippen molar-refractivity contribution in [3.8, 4) is 0 Å². The molecule has 0 N–H and O–H groups in total. The molecule has 2 fully saturated rings. The van der Waals surface area contributed by atoms with Gasteiger partial charge in [-0.15, -0.1) is 0 Å². The fourth-order valence-corrected chi connectivity index (χ4v) is 3.05. The lowest BCUT2D eigenvalue weighted by atomic mass is 10.2. The van der Waals surface area contributed by atoms with Gasteiger partial charge in [0.15, 0.2) is 5.82 Å². The molecular weight excluding hydrogens is 330 g/mol. The van der Waals surface area contributed by atoms with Crippen LogP contribution in [0.2, 0.25) is 5.15 Å². The highest BCUT2D eigenvalue weighted by atomic mass is 79.9. The molecule has 19 heavy (non-hydrogen) atoms. The Balaban J connectivity index is 1.87.